The van der Waals surface area contributed by atoms with E-state index in [0.717, 1.165) is 10.6 Å². The number of azo groups is 1. The number of aromatic amines is 1. The van der Waals surface area contributed by atoms with Crippen LogP contribution in [0.1, 0.15) is 21.6 Å². The molecule has 0 spiro atoms. The van der Waals surface area contributed by atoms with E-state index in [2.05, 4.69) is 29.7 Å². The molecule has 3 rings (SSSR count). The minimum Gasteiger partial charge on any atom is -0.691 e. The van der Waals surface area contributed by atoms with E-state index in [1.807, 2.05) is 6.07 Å². The van der Waals surface area contributed by atoms with Gasteiger partial charge in [-0.3, -0.25) is 9.83 Å². The average molecular weight is 461 g/mol. The summed E-state index contributed by atoms with van der Waals surface area (Å²) in [5.74, 6) is -1.77. The van der Waals surface area contributed by atoms with Gasteiger partial charge in [-0.25, -0.2) is 0 Å². The molecule has 16 heteroatoms. The topological polar surface area (TPSA) is 206 Å². The summed E-state index contributed by atoms with van der Waals surface area (Å²) in [6.07, 6.45) is 0. The molecular formula is C15H9N7Na2O6S. The maximum atomic E-state index is 12.3. The fourth-order valence-corrected chi connectivity index (χ4v) is 2.80. The summed E-state index contributed by atoms with van der Waals surface area (Å²) in [6.45, 7) is 1.57. The zero-order valence-electron chi connectivity index (χ0n) is 16.4. The fraction of sp³-hybridized carbons (Fsp3) is 0.0667. The minimum absolute atomic E-state index is 0. The van der Waals surface area contributed by atoms with Gasteiger partial charge in [0.15, 0.2) is 17.2 Å². The maximum absolute atomic E-state index is 12.3. The second-order valence-electron chi connectivity index (χ2n) is 5.41. The Labute approximate surface area is 221 Å². The quantitative estimate of drug-likeness (QED) is 0.117. The summed E-state index contributed by atoms with van der Waals surface area (Å²) < 4.78 is 5.24. The Kier molecular flexibility index (Phi) is 10.3. The van der Waals surface area contributed by atoms with Crippen molar-refractivity contribution < 1.29 is 83.6 Å². The van der Waals surface area contributed by atoms with E-state index in [1.54, 1.807) is 6.92 Å². The summed E-state index contributed by atoms with van der Waals surface area (Å²) >= 11 is 0.476. The molecule has 0 unspecified atom stereocenters. The third kappa shape index (κ3) is 5.73. The van der Waals surface area contributed by atoms with Crippen molar-refractivity contribution in [3.05, 3.63) is 45.4 Å². The molecule has 148 valence electrons. The second kappa shape index (κ2) is 11.7. The first-order valence-electron chi connectivity index (χ1n) is 7.58. The Balaban J connectivity index is 0.00000240. The van der Waals surface area contributed by atoms with Crippen LogP contribution >= 0.6 is 12.0 Å². The van der Waals surface area contributed by atoms with Crippen molar-refractivity contribution in [1.82, 2.24) is 14.6 Å². The molecule has 0 saturated carbocycles. The molecule has 1 aromatic carbocycles. The van der Waals surface area contributed by atoms with Gasteiger partial charge in [-0.05, 0) is 25.1 Å². The van der Waals surface area contributed by atoms with Gasteiger partial charge < -0.3 is 25.9 Å². The Morgan fingerprint density at radius 2 is 2.10 bits per heavy atom. The Morgan fingerprint density at radius 1 is 1.39 bits per heavy atom. The van der Waals surface area contributed by atoms with Crippen LogP contribution in [0.2, 0.25) is 0 Å². The predicted octanol–water partition coefficient (Wildman–Crippen LogP) is -6.20. The molecule has 0 aliphatic rings. The van der Waals surface area contributed by atoms with Gasteiger partial charge in [-0.15, -0.1) is 10.2 Å². The van der Waals surface area contributed by atoms with Gasteiger partial charge in [0.05, 0.1) is 29.4 Å². The van der Waals surface area contributed by atoms with Crippen LogP contribution in [0, 0.1) is 18.3 Å². The first kappa shape index (κ1) is 27.3. The van der Waals surface area contributed by atoms with E-state index in [9.17, 15) is 20.0 Å². The smallest absolute Gasteiger partial charge is 0.691 e. The van der Waals surface area contributed by atoms with Crippen LogP contribution in [0.3, 0.4) is 0 Å². The number of fused-ring (bicyclic) bond motifs is 1. The zero-order valence-corrected chi connectivity index (χ0v) is 21.2. The number of nitrogens with zero attached hydrogens (tertiary/aromatic N) is 5. The monoisotopic (exact) mass is 461 g/mol. The Morgan fingerprint density at radius 3 is 2.71 bits per heavy atom. The number of carboxylic acids is 1. The largest absolute Gasteiger partial charge is 1.00 e. The molecule has 0 amide bonds. The number of rotatable bonds is 6. The number of carbonyl (C=O) groups excluding carboxylic acids is 1. The Hall–Kier alpha value is -1.77. The van der Waals surface area contributed by atoms with E-state index in [1.165, 1.54) is 12.1 Å². The number of nitrogen functional groups attached to an aromatic ring is 1. The number of aromatic carboxylic acids is 1. The molecule has 13 nitrogen and oxygen atoms in total. The van der Waals surface area contributed by atoms with Gasteiger partial charge in [-0.2, -0.15) is 19.2 Å². The number of benzene rings is 1. The van der Waals surface area contributed by atoms with Gasteiger partial charge in [-0.1, -0.05) is 0 Å². The summed E-state index contributed by atoms with van der Waals surface area (Å²) in [5, 5.41) is 45.1. The molecule has 0 fully saturated rings. The summed E-state index contributed by atoms with van der Waals surface area (Å²) in [4.78, 5) is 26.3. The molecule has 0 atom stereocenters. The van der Waals surface area contributed by atoms with Crippen LogP contribution in [-0.2, 0) is 9.37 Å². The standard InChI is InChI=1S/C15H11N7O6S.2Na/c1-6-9(5-16)13-18-14(23)11(12(17)22(13)21-6)20-19-10-3-2-7(29-28-27-26)4-8(10)15(24)25;;/h2-4,26H,17H2,1H3,(H,18,23)(H,24,25);;/q;2*+1/p-2. The van der Waals surface area contributed by atoms with Gasteiger partial charge in [0, 0.05) is 10.5 Å². The third-order valence-electron chi connectivity index (χ3n) is 3.69. The van der Waals surface area contributed by atoms with Crippen LogP contribution in [0.15, 0.2) is 38.1 Å². The molecule has 0 bridgehead atoms. The SMILES string of the molecule is Cc1nn2c(N)c(N=Nc3ccc(SOO[O-])cc3C(=O)[O-])c(=O)[nH]c2c1C#N.[Na+].[Na+]. The molecule has 2 heterocycles. The number of nitrogens with two attached hydrogens (primary N) is 1. The van der Waals surface area contributed by atoms with Gasteiger partial charge in [0.25, 0.3) is 5.56 Å². The van der Waals surface area contributed by atoms with Crippen molar-refractivity contribution in [2.24, 2.45) is 10.2 Å². The summed E-state index contributed by atoms with van der Waals surface area (Å²) in [5.41, 5.74) is 4.90. The van der Waals surface area contributed by atoms with Crippen molar-refractivity contribution in [2.75, 3.05) is 5.73 Å². The molecule has 0 saturated heterocycles. The molecule has 0 radical (unpaired) electrons. The van der Waals surface area contributed by atoms with Crippen molar-refractivity contribution in [1.29, 1.82) is 5.26 Å². The van der Waals surface area contributed by atoms with Crippen molar-refractivity contribution in [2.45, 2.75) is 11.8 Å². The summed E-state index contributed by atoms with van der Waals surface area (Å²) in [6, 6.07) is 5.65. The van der Waals surface area contributed by atoms with E-state index in [0.29, 0.717) is 17.7 Å². The van der Waals surface area contributed by atoms with Gasteiger partial charge in [0.1, 0.15) is 11.6 Å². The van der Waals surface area contributed by atoms with E-state index < -0.39 is 11.5 Å². The molecule has 31 heavy (non-hydrogen) atoms. The van der Waals surface area contributed by atoms with Gasteiger partial charge >= 0.3 is 59.1 Å². The first-order valence-corrected chi connectivity index (χ1v) is 8.33. The first-order chi connectivity index (χ1) is 13.9. The normalized spacial score (nSPS) is 10.5. The van der Waals surface area contributed by atoms with Crippen molar-refractivity contribution >= 4 is 40.9 Å². The fourth-order valence-electron chi connectivity index (χ4n) is 2.41. The molecule has 3 aromatic rings. The number of nitrogens with one attached hydrogen (secondary N) is 1. The van der Waals surface area contributed by atoms with Crippen LogP contribution in [-0.4, -0.2) is 20.6 Å². The van der Waals surface area contributed by atoms with Crippen LogP contribution in [0.5, 0.6) is 0 Å². The zero-order chi connectivity index (χ0) is 21.1. The van der Waals surface area contributed by atoms with Crippen LogP contribution < -0.4 is 80.8 Å². The van der Waals surface area contributed by atoms with Crippen molar-refractivity contribution in [3.63, 3.8) is 0 Å². The van der Waals surface area contributed by atoms with E-state index >= 15 is 0 Å². The molecule has 0 aliphatic carbocycles. The van der Waals surface area contributed by atoms with E-state index in [4.69, 9.17) is 11.0 Å². The number of hydrogen-bond donors (Lipinski definition) is 2. The molecule has 0 aliphatic heterocycles. The molecule has 3 N–H and O–H groups in total. The third-order valence-corrected chi connectivity index (χ3v) is 4.26. The molecular weight excluding hydrogens is 452 g/mol. The molecule has 2 aromatic heterocycles. The number of aryl methyl sites for hydroxylation is 1. The number of H-pyrrole nitrogens is 1. The Bertz CT molecular complexity index is 1250. The van der Waals surface area contributed by atoms with Gasteiger partial charge in [0.2, 0.25) is 0 Å². The number of hydrogen-bond acceptors (Lipinski definition) is 12. The second-order valence-corrected chi connectivity index (χ2v) is 6.18. The van der Waals surface area contributed by atoms with Crippen LogP contribution in [0.25, 0.3) is 5.65 Å². The number of carboxylic acid groups (broad SMARTS) is 1. The van der Waals surface area contributed by atoms with E-state index in [-0.39, 0.29) is 98.0 Å². The minimum atomic E-state index is -1.58. The van der Waals surface area contributed by atoms with Crippen molar-refractivity contribution in [3.8, 4) is 6.07 Å². The number of aromatic nitrogens is 3. The number of anilines is 1. The average Bonchev–Trinajstić information content (AvgIpc) is 3.01. The number of nitriles is 1. The summed E-state index contributed by atoms with van der Waals surface area (Å²) in [7, 11) is 0. The number of carbonyl (C=O) groups is 1. The maximum Gasteiger partial charge on any atom is 1.00 e. The van der Waals surface area contributed by atoms with Crippen LogP contribution in [0.4, 0.5) is 17.2 Å². The predicted molar refractivity (Wildman–Crippen MR) is 92.7 cm³/mol.